The van der Waals surface area contributed by atoms with Crippen molar-refractivity contribution in [1.29, 1.82) is 0 Å². The molecule has 3 heteroatoms. The highest BCUT2D eigenvalue weighted by molar-refractivity contribution is 5.63. The predicted octanol–water partition coefficient (Wildman–Crippen LogP) is 3.22. The highest BCUT2D eigenvalue weighted by Gasteiger charge is 2.15. The number of aliphatic hydroxyl groups excluding tert-OH is 1. The zero-order valence-electron chi connectivity index (χ0n) is 12.5. The second-order valence-electron chi connectivity index (χ2n) is 5.65. The Kier molecular flexibility index (Phi) is 5.37. The van der Waals surface area contributed by atoms with Gasteiger partial charge in [0.25, 0.3) is 0 Å². The van der Waals surface area contributed by atoms with Crippen molar-refractivity contribution < 1.29 is 9.84 Å². The monoisotopic (exact) mass is 285 g/mol. The molecule has 0 heterocycles. The molecule has 2 rings (SSSR count). The summed E-state index contributed by atoms with van der Waals surface area (Å²) in [7, 11) is 0. The molecule has 0 aliphatic rings. The first-order chi connectivity index (χ1) is 10.1. The van der Waals surface area contributed by atoms with Crippen molar-refractivity contribution >= 4 is 0 Å². The maximum atomic E-state index is 9.08. The van der Waals surface area contributed by atoms with Gasteiger partial charge in [-0.15, -0.1) is 0 Å². The van der Waals surface area contributed by atoms with Gasteiger partial charge in [0.1, 0.15) is 5.75 Å². The minimum absolute atomic E-state index is 0.00122. The van der Waals surface area contributed by atoms with Gasteiger partial charge < -0.3 is 15.6 Å². The van der Waals surface area contributed by atoms with Gasteiger partial charge in [0.2, 0.25) is 0 Å². The van der Waals surface area contributed by atoms with Crippen LogP contribution in [0, 0.1) is 0 Å². The molecule has 0 radical (unpaired) electrons. The van der Waals surface area contributed by atoms with Gasteiger partial charge in [-0.3, -0.25) is 0 Å². The van der Waals surface area contributed by atoms with Crippen LogP contribution in [0.3, 0.4) is 0 Å². The topological polar surface area (TPSA) is 55.5 Å². The van der Waals surface area contributed by atoms with Crippen LogP contribution >= 0.6 is 0 Å². The molecule has 21 heavy (non-hydrogen) atoms. The Balaban J connectivity index is 1.83. The molecule has 0 amide bonds. The maximum Gasteiger partial charge on any atom is 0.119 e. The molecule has 1 unspecified atom stereocenters. The third kappa shape index (κ3) is 4.88. The number of hydrogen-bond acceptors (Lipinski definition) is 3. The summed E-state index contributed by atoms with van der Waals surface area (Å²) in [5.74, 6) is 0.859. The van der Waals surface area contributed by atoms with Gasteiger partial charge in [-0.2, -0.15) is 0 Å². The molecule has 2 aromatic carbocycles. The van der Waals surface area contributed by atoms with E-state index in [2.05, 4.69) is 24.3 Å². The van der Waals surface area contributed by atoms with Gasteiger partial charge >= 0.3 is 0 Å². The Labute approximate surface area is 126 Å². The van der Waals surface area contributed by atoms with Crippen LogP contribution in [0.2, 0.25) is 0 Å². The van der Waals surface area contributed by atoms with Crippen LogP contribution in [-0.2, 0) is 0 Å². The minimum atomic E-state index is -0.513. The smallest absolute Gasteiger partial charge is 0.119 e. The fraction of sp³-hybridized carbons (Fsp3) is 0.333. The summed E-state index contributed by atoms with van der Waals surface area (Å²) in [6, 6.07) is 18.3. The van der Waals surface area contributed by atoms with Crippen molar-refractivity contribution in [2.24, 2.45) is 5.73 Å². The summed E-state index contributed by atoms with van der Waals surface area (Å²) in [6.45, 7) is 2.46. The summed E-state index contributed by atoms with van der Waals surface area (Å²) in [5.41, 5.74) is 7.74. The van der Waals surface area contributed by atoms with E-state index >= 15 is 0 Å². The van der Waals surface area contributed by atoms with E-state index in [1.165, 1.54) is 11.1 Å². The molecule has 0 spiro atoms. The molecule has 0 aliphatic carbocycles. The number of nitrogens with two attached hydrogens (primary N) is 1. The van der Waals surface area contributed by atoms with E-state index in [4.69, 9.17) is 15.6 Å². The minimum Gasteiger partial charge on any atom is -0.494 e. The second-order valence-corrected chi connectivity index (χ2v) is 5.65. The predicted molar refractivity (Wildman–Crippen MR) is 86.3 cm³/mol. The van der Waals surface area contributed by atoms with E-state index in [1.807, 2.05) is 37.3 Å². The Hall–Kier alpha value is -1.84. The van der Waals surface area contributed by atoms with E-state index in [0.717, 1.165) is 18.6 Å². The van der Waals surface area contributed by atoms with Crippen molar-refractivity contribution in [3.05, 3.63) is 54.6 Å². The molecular weight excluding hydrogens is 262 g/mol. The molecule has 0 fully saturated rings. The standard InChI is InChI=1S/C18H23NO2/c1-18(19,14-20)12-5-13-21-17-10-8-16(9-11-17)15-6-3-2-4-7-15/h2-4,6-11,20H,5,12-14,19H2,1H3. The van der Waals surface area contributed by atoms with Crippen molar-refractivity contribution in [1.82, 2.24) is 0 Å². The van der Waals surface area contributed by atoms with Crippen LogP contribution in [0.25, 0.3) is 11.1 Å². The quantitative estimate of drug-likeness (QED) is 0.768. The van der Waals surface area contributed by atoms with Gasteiger partial charge in [0.05, 0.1) is 13.2 Å². The fourth-order valence-electron chi connectivity index (χ4n) is 2.12. The lowest BCUT2D eigenvalue weighted by atomic mass is 9.99. The summed E-state index contributed by atoms with van der Waals surface area (Å²) < 4.78 is 5.70. The number of rotatable bonds is 7. The molecule has 0 aromatic heterocycles. The van der Waals surface area contributed by atoms with E-state index in [9.17, 15) is 0 Å². The first kappa shape index (κ1) is 15.5. The van der Waals surface area contributed by atoms with Gasteiger partial charge in [0.15, 0.2) is 0 Å². The zero-order valence-corrected chi connectivity index (χ0v) is 12.5. The summed E-state index contributed by atoms with van der Waals surface area (Å²) >= 11 is 0. The van der Waals surface area contributed by atoms with E-state index in [0.29, 0.717) is 6.61 Å². The van der Waals surface area contributed by atoms with Crippen LogP contribution in [0.5, 0.6) is 5.75 Å². The van der Waals surface area contributed by atoms with E-state index < -0.39 is 5.54 Å². The molecule has 0 aliphatic heterocycles. The van der Waals surface area contributed by atoms with Crippen molar-refractivity contribution in [3.63, 3.8) is 0 Å². The summed E-state index contributed by atoms with van der Waals surface area (Å²) in [6.07, 6.45) is 1.57. The number of ether oxygens (including phenoxy) is 1. The third-order valence-electron chi connectivity index (χ3n) is 3.48. The van der Waals surface area contributed by atoms with E-state index in [-0.39, 0.29) is 6.61 Å². The van der Waals surface area contributed by atoms with Crippen molar-refractivity contribution in [2.75, 3.05) is 13.2 Å². The maximum absolute atomic E-state index is 9.08. The van der Waals surface area contributed by atoms with Gasteiger partial charge in [-0.1, -0.05) is 42.5 Å². The SMILES string of the molecule is CC(N)(CO)CCCOc1ccc(-c2ccccc2)cc1. The van der Waals surface area contributed by atoms with Crippen molar-refractivity contribution in [3.8, 4) is 16.9 Å². The second kappa shape index (κ2) is 7.25. The zero-order chi connectivity index (χ0) is 15.1. The molecule has 112 valence electrons. The van der Waals surface area contributed by atoms with Crippen LogP contribution in [0.4, 0.5) is 0 Å². The van der Waals surface area contributed by atoms with Crippen LogP contribution in [0.15, 0.2) is 54.6 Å². The lowest BCUT2D eigenvalue weighted by Crippen LogP contribution is -2.40. The largest absolute Gasteiger partial charge is 0.494 e. The molecule has 0 bridgehead atoms. The lowest BCUT2D eigenvalue weighted by molar-refractivity contribution is 0.188. The number of aliphatic hydroxyl groups is 1. The molecule has 2 aromatic rings. The Morgan fingerprint density at radius 3 is 2.24 bits per heavy atom. The molecule has 3 nitrogen and oxygen atoms in total. The molecule has 0 saturated carbocycles. The molecule has 0 saturated heterocycles. The molecule has 3 N–H and O–H groups in total. The van der Waals surface area contributed by atoms with Crippen LogP contribution in [0.1, 0.15) is 19.8 Å². The normalized spacial score (nSPS) is 13.7. The number of benzene rings is 2. The third-order valence-corrected chi connectivity index (χ3v) is 3.48. The Bertz CT molecular complexity index is 535. The summed E-state index contributed by atoms with van der Waals surface area (Å²) in [4.78, 5) is 0. The van der Waals surface area contributed by atoms with Crippen LogP contribution < -0.4 is 10.5 Å². The lowest BCUT2D eigenvalue weighted by Gasteiger charge is -2.21. The highest BCUT2D eigenvalue weighted by Crippen LogP contribution is 2.22. The summed E-state index contributed by atoms with van der Waals surface area (Å²) in [5, 5.41) is 9.08. The van der Waals surface area contributed by atoms with Gasteiger partial charge in [-0.25, -0.2) is 0 Å². The van der Waals surface area contributed by atoms with Gasteiger partial charge in [0, 0.05) is 5.54 Å². The Morgan fingerprint density at radius 1 is 1.00 bits per heavy atom. The highest BCUT2D eigenvalue weighted by atomic mass is 16.5. The average molecular weight is 285 g/mol. The van der Waals surface area contributed by atoms with E-state index in [1.54, 1.807) is 0 Å². The van der Waals surface area contributed by atoms with Crippen molar-refractivity contribution in [2.45, 2.75) is 25.3 Å². The average Bonchev–Trinajstić information content (AvgIpc) is 2.53. The Morgan fingerprint density at radius 2 is 1.62 bits per heavy atom. The molecular formula is C18H23NO2. The number of hydrogen-bond donors (Lipinski definition) is 2. The molecule has 1 atom stereocenters. The van der Waals surface area contributed by atoms with Gasteiger partial charge in [-0.05, 0) is 43.0 Å². The fourth-order valence-corrected chi connectivity index (χ4v) is 2.12. The first-order valence-electron chi connectivity index (χ1n) is 7.29. The first-order valence-corrected chi connectivity index (χ1v) is 7.29. The van der Waals surface area contributed by atoms with Crippen LogP contribution in [-0.4, -0.2) is 23.9 Å².